The summed E-state index contributed by atoms with van der Waals surface area (Å²) in [6.07, 6.45) is 0.955. The molecule has 0 unspecified atom stereocenters. The van der Waals surface area contributed by atoms with Crippen molar-refractivity contribution in [2.45, 2.75) is 26.8 Å². The van der Waals surface area contributed by atoms with E-state index in [1.165, 1.54) is 17.7 Å². The van der Waals surface area contributed by atoms with E-state index in [1.807, 2.05) is 24.3 Å². The topological polar surface area (TPSA) is 55.4 Å². The van der Waals surface area contributed by atoms with Gasteiger partial charge in [0.2, 0.25) is 0 Å². The van der Waals surface area contributed by atoms with Gasteiger partial charge in [0, 0.05) is 17.7 Å². The van der Waals surface area contributed by atoms with Crippen LogP contribution in [0.2, 0.25) is 0 Å². The highest BCUT2D eigenvalue weighted by Gasteiger charge is 2.26. The summed E-state index contributed by atoms with van der Waals surface area (Å²) < 4.78 is 44.4. The van der Waals surface area contributed by atoms with Crippen molar-refractivity contribution in [2.75, 3.05) is 0 Å². The van der Waals surface area contributed by atoms with E-state index in [4.69, 9.17) is 4.18 Å². The van der Waals surface area contributed by atoms with Gasteiger partial charge in [-0.15, -0.1) is 0 Å². The summed E-state index contributed by atoms with van der Waals surface area (Å²) in [5.41, 5.74) is 2.84. The second-order valence-corrected chi connectivity index (χ2v) is 7.46. The summed E-state index contributed by atoms with van der Waals surface area (Å²) in [4.78, 5) is 0. The molecule has 3 rings (SSSR count). The van der Waals surface area contributed by atoms with Crippen LogP contribution in [0.5, 0.6) is 5.75 Å². The maximum atomic E-state index is 13.9. The minimum atomic E-state index is -3.84. The first-order valence-electron chi connectivity index (χ1n) is 7.45. The van der Waals surface area contributed by atoms with Crippen molar-refractivity contribution in [1.82, 2.24) is 4.72 Å². The van der Waals surface area contributed by atoms with Gasteiger partial charge in [-0.25, -0.2) is 4.39 Å². The molecule has 1 aliphatic rings. The summed E-state index contributed by atoms with van der Waals surface area (Å²) in [6.45, 7) is 4.30. The quantitative estimate of drug-likeness (QED) is 0.935. The molecule has 1 N–H and O–H groups in total. The zero-order chi connectivity index (χ0) is 16.6. The summed E-state index contributed by atoms with van der Waals surface area (Å²) >= 11 is 0. The molecule has 1 aliphatic heterocycles. The predicted molar refractivity (Wildman–Crippen MR) is 86.8 cm³/mol. The lowest BCUT2D eigenvalue weighted by atomic mass is 9.97. The highest BCUT2D eigenvalue weighted by Crippen LogP contribution is 2.37. The lowest BCUT2D eigenvalue weighted by Gasteiger charge is -2.21. The third-order valence-corrected chi connectivity index (χ3v) is 4.56. The number of benzene rings is 2. The molecule has 122 valence electrons. The summed E-state index contributed by atoms with van der Waals surface area (Å²) in [7, 11) is -3.84. The molecular weight excluding hydrogens is 317 g/mol. The Morgan fingerprint density at radius 3 is 2.57 bits per heavy atom. The average molecular weight is 335 g/mol. The van der Waals surface area contributed by atoms with Crippen molar-refractivity contribution in [3.63, 3.8) is 0 Å². The van der Waals surface area contributed by atoms with Gasteiger partial charge in [-0.05, 0) is 35.6 Å². The molecule has 6 heteroatoms. The zero-order valence-electron chi connectivity index (χ0n) is 13.0. The van der Waals surface area contributed by atoms with Gasteiger partial charge in [-0.1, -0.05) is 38.1 Å². The summed E-state index contributed by atoms with van der Waals surface area (Å²) in [6, 6.07) is 10.3. The maximum Gasteiger partial charge on any atom is 0.382 e. The Hall–Kier alpha value is -1.92. The number of halogens is 1. The molecule has 0 bridgehead atoms. The van der Waals surface area contributed by atoms with Gasteiger partial charge in [-0.2, -0.15) is 13.1 Å². The standard InChI is InChI=1S/C17H18FNO3S/c1-11(2)7-12-3-5-13(6-4-12)16-9-15(18)8-14-10-19-23(20,21)22-17(14)16/h3-6,8-9,11,19H,7,10H2,1-2H3. The highest BCUT2D eigenvalue weighted by molar-refractivity contribution is 7.85. The van der Waals surface area contributed by atoms with Gasteiger partial charge < -0.3 is 4.18 Å². The number of hydrogen-bond acceptors (Lipinski definition) is 3. The molecule has 0 aliphatic carbocycles. The Morgan fingerprint density at radius 2 is 1.91 bits per heavy atom. The summed E-state index contributed by atoms with van der Waals surface area (Å²) in [5, 5.41) is 0. The number of hydrogen-bond donors (Lipinski definition) is 1. The number of fused-ring (bicyclic) bond motifs is 1. The first kappa shape index (κ1) is 16.0. The minimum Gasteiger partial charge on any atom is -0.370 e. The van der Waals surface area contributed by atoms with Gasteiger partial charge in [0.05, 0.1) is 0 Å². The number of nitrogens with one attached hydrogen (secondary N) is 1. The zero-order valence-corrected chi connectivity index (χ0v) is 13.8. The van der Waals surface area contributed by atoms with Crippen LogP contribution in [0.1, 0.15) is 25.0 Å². The van der Waals surface area contributed by atoms with E-state index in [0.29, 0.717) is 17.0 Å². The Labute approximate surface area is 135 Å². The smallest absolute Gasteiger partial charge is 0.370 e. The molecular formula is C17H18FNO3S. The van der Waals surface area contributed by atoms with Crippen molar-refractivity contribution in [3.05, 3.63) is 53.3 Å². The van der Waals surface area contributed by atoms with Crippen LogP contribution in [0.4, 0.5) is 4.39 Å². The van der Waals surface area contributed by atoms with E-state index in [9.17, 15) is 12.8 Å². The SMILES string of the molecule is CC(C)Cc1ccc(-c2cc(F)cc3c2OS(=O)(=O)NC3)cc1. The Kier molecular flexibility index (Phi) is 4.12. The molecule has 0 amide bonds. The third-order valence-electron chi connectivity index (χ3n) is 3.67. The van der Waals surface area contributed by atoms with Crippen LogP contribution in [0, 0.1) is 11.7 Å². The van der Waals surface area contributed by atoms with E-state index in [1.54, 1.807) is 0 Å². The van der Waals surface area contributed by atoms with Gasteiger partial charge in [-0.3, -0.25) is 0 Å². The third kappa shape index (κ3) is 3.54. The van der Waals surface area contributed by atoms with Gasteiger partial charge in [0.25, 0.3) is 0 Å². The van der Waals surface area contributed by atoms with E-state index >= 15 is 0 Å². The van der Waals surface area contributed by atoms with Gasteiger partial charge in [0.15, 0.2) is 5.75 Å². The predicted octanol–water partition coefficient (Wildman–Crippen LogP) is 3.42. The first-order valence-corrected chi connectivity index (χ1v) is 8.86. The van der Waals surface area contributed by atoms with Crippen LogP contribution < -0.4 is 8.91 Å². The summed E-state index contributed by atoms with van der Waals surface area (Å²) in [5.74, 6) is 0.318. The molecule has 0 spiro atoms. The fourth-order valence-electron chi connectivity index (χ4n) is 2.69. The monoisotopic (exact) mass is 335 g/mol. The number of rotatable bonds is 3. The van der Waals surface area contributed by atoms with Crippen LogP contribution in [0.3, 0.4) is 0 Å². The van der Waals surface area contributed by atoms with Crippen LogP contribution in [-0.4, -0.2) is 8.42 Å². The molecule has 2 aromatic rings. The van der Waals surface area contributed by atoms with Crippen molar-refractivity contribution in [3.8, 4) is 16.9 Å². The van der Waals surface area contributed by atoms with E-state index in [0.717, 1.165) is 12.0 Å². The lowest BCUT2D eigenvalue weighted by Crippen LogP contribution is -2.32. The fraction of sp³-hybridized carbons (Fsp3) is 0.294. The first-order chi connectivity index (χ1) is 10.8. The van der Waals surface area contributed by atoms with Crippen molar-refractivity contribution < 1.29 is 17.0 Å². The van der Waals surface area contributed by atoms with Crippen LogP contribution >= 0.6 is 0 Å². The van der Waals surface area contributed by atoms with Crippen molar-refractivity contribution in [1.29, 1.82) is 0 Å². The maximum absolute atomic E-state index is 13.9. The molecule has 0 saturated heterocycles. The van der Waals surface area contributed by atoms with Crippen molar-refractivity contribution >= 4 is 10.3 Å². The van der Waals surface area contributed by atoms with Crippen molar-refractivity contribution in [2.24, 2.45) is 5.92 Å². The molecule has 0 atom stereocenters. The molecule has 0 radical (unpaired) electrons. The molecule has 0 aromatic heterocycles. The van der Waals surface area contributed by atoms with Crippen LogP contribution in [0.15, 0.2) is 36.4 Å². The highest BCUT2D eigenvalue weighted by atomic mass is 32.2. The Bertz CT molecular complexity index is 830. The van der Waals surface area contributed by atoms with Gasteiger partial charge in [0.1, 0.15) is 5.82 Å². The fourth-order valence-corrected chi connectivity index (χ4v) is 3.50. The molecule has 23 heavy (non-hydrogen) atoms. The average Bonchev–Trinajstić information content (AvgIpc) is 2.47. The Morgan fingerprint density at radius 1 is 1.22 bits per heavy atom. The molecule has 0 saturated carbocycles. The van der Waals surface area contributed by atoms with E-state index in [-0.39, 0.29) is 12.3 Å². The normalized spacial score (nSPS) is 16.0. The lowest BCUT2D eigenvalue weighted by molar-refractivity contribution is 0.452. The molecule has 1 heterocycles. The van der Waals surface area contributed by atoms with Gasteiger partial charge >= 0.3 is 10.3 Å². The minimum absolute atomic E-state index is 0.0217. The van der Waals surface area contributed by atoms with Crippen LogP contribution in [-0.2, 0) is 23.3 Å². The molecule has 4 nitrogen and oxygen atoms in total. The largest absolute Gasteiger partial charge is 0.382 e. The molecule has 0 fully saturated rings. The second kappa shape index (κ2) is 5.94. The van der Waals surface area contributed by atoms with Crippen LogP contribution in [0.25, 0.3) is 11.1 Å². The van der Waals surface area contributed by atoms with E-state index in [2.05, 4.69) is 18.6 Å². The Balaban J connectivity index is 2.04. The second-order valence-electron chi connectivity index (χ2n) is 6.10. The van der Waals surface area contributed by atoms with E-state index < -0.39 is 16.1 Å². The molecule has 2 aromatic carbocycles.